The lowest BCUT2D eigenvalue weighted by Crippen LogP contribution is -2.25. The molecule has 0 atom stereocenters. The molecule has 2 rings (SSSR count). The van der Waals surface area contributed by atoms with Crippen molar-refractivity contribution >= 4 is 17.8 Å². The van der Waals surface area contributed by atoms with Crippen LogP contribution in [0.2, 0.25) is 5.15 Å². The van der Waals surface area contributed by atoms with E-state index in [2.05, 4.69) is 14.5 Å². The second-order valence-corrected chi connectivity index (χ2v) is 3.90. The van der Waals surface area contributed by atoms with E-state index in [1.54, 1.807) is 6.20 Å². The summed E-state index contributed by atoms with van der Waals surface area (Å²) in [4.78, 5) is 8.45. The minimum absolute atomic E-state index is 0.226. The molecule has 0 amide bonds. The van der Waals surface area contributed by atoms with Crippen LogP contribution in [0, 0.1) is 0 Å². The second-order valence-electron chi connectivity index (χ2n) is 3.52. The monoisotopic (exact) mass is 226 g/mol. The van der Waals surface area contributed by atoms with Crippen LogP contribution in [-0.2, 0) is 6.42 Å². The van der Waals surface area contributed by atoms with E-state index in [0.29, 0.717) is 5.15 Å². The highest BCUT2D eigenvalue weighted by Crippen LogP contribution is 2.10. The SMILES string of the molecule is OCCC[N+]1=Cc2ncc(Cl)nc2CC1. The largest absolute Gasteiger partial charge is 0.396 e. The van der Waals surface area contributed by atoms with Crippen molar-refractivity contribution in [3.8, 4) is 0 Å². The quantitative estimate of drug-likeness (QED) is 0.764. The molecule has 0 aromatic carbocycles. The highest BCUT2D eigenvalue weighted by atomic mass is 35.5. The molecule has 0 radical (unpaired) electrons. The van der Waals surface area contributed by atoms with E-state index in [1.165, 1.54) is 0 Å². The van der Waals surface area contributed by atoms with Crippen molar-refractivity contribution in [2.75, 3.05) is 19.7 Å². The van der Waals surface area contributed by atoms with Crippen LogP contribution in [-0.4, -0.2) is 45.6 Å². The maximum atomic E-state index is 8.74. The van der Waals surface area contributed by atoms with Crippen LogP contribution in [0.15, 0.2) is 6.20 Å². The predicted octanol–water partition coefficient (Wildman–Crippen LogP) is 0.500. The fraction of sp³-hybridized carbons (Fsp3) is 0.500. The van der Waals surface area contributed by atoms with Gasteiger partial charge in [-0.05, 0) is 0 Å². The first-order valence-corrected chi connectivity index (χ1v) is 5.38. The predicted molar refractivity (Wildman–Crippen MR) is 57.6 cm³/mol. The number of rotatable bonds is 3. The molecule has 80 valence electrons. The van der Waals surface area contributed by atoms with E-state index < -0.39 is 0 Å². The Labute approximate surface area is 93.3 Å². The molecule has 0 unspecified atom stereocenters. The molecule has 0 fully saturated rings. The third kappa shape index (κ3) is 2.52. The number of aliphatic hydroxyl groups excluding tert-OH is 1. The Morgan fingerprint density at radius 3 is 3.20 bits per heavy atom. The van der Waals surface area contributed by atoms with Gasteiger partial charge in [-0.25, -0.2) is 14.5 Å². The number of fused-ring (bicyclic) bond motifs is 1. The van der Waals surface area contributed by atoms with Gasteiger partial charge in [0.1, 0.15) is 23.9 Å². The molecular weight excluding hydrogens is 214 g/mol. The Morgan fingerprint density at radius 2 is 2.40 bits per heavy atom. The molecule has 2 heterocycles. The van der Waals surface area contributed by atoms with Crippen molar-refractivity contribution in [1.29, 1.82) is 0 Å². The van der Waals surface area contributed by atoms with Gasteiger partial charge in [-0.15, -0.1) is 0 Å². The van der Waals surface area contributed by atoms with Gasteiger partial charge in [-0.2, -0.15) is 0 Å². The molecule has 0 aliphatic carbocycles. The molecule has 0 saturated heterocycles. The number of aromatic nitrogens is 2. The average Bonchev–Trinajstić information content (AvgIpc) is 2.26. The minimum atomic E-state index is 0.226. The fourth-order valence-corrected chi connectivity index (χ4v) is 1.79. The van der Waals surface area contributed by atoms with Crippen LogP contribution in [0.4, 0.5) is 0 Å². The molecule has 0 saturated carbocycles. The lowest BCUT2D eigenvalue weighted by Gasteiger charge is -2.10. The third-order valence-corrected chi connectivity index (χ3v) is 2.57. The van der Waals surface area contributed by atoms with Gasteiger partial charge in [0.05, 0.1) is 18.3 Å². The first kappa shape index (κ1) is 10.5. The van der Waals surface area contributed by atoms with E-state index in [-0.39, 0.29) is 6.61 Å². The summed E-state index contributed by atoms with van der Waals surface area (Å²) in [7, 11) is 0. The summed E-state index contributed by atoms with van der Waals surface area (Å²) in [6.07, 6.45) is 5.20. The summed E-state index contributed by atoms with van der Waals surface area (Å²) in [5, 5.41) is 9.19. The van der Waals surface area contributed by atoms with Gasteiger partial charge in [0.2, 0.25) is 0 Å². The van der Waals surface area contributed by atoms with Gasteiger partial charge < -0.3 is 5.11 Å². The molecule has 5 heteroatoms. The third-order valence-electron chi connectivity index (χ3n) is 2.39. The second kappa shape index (κ2) is 4.68. The standard InChI is InChI=1S/C10H13ClN3O/c11-10-6-12-9-7-14(3-1-5-15)4-2-8(9)13-10/h6-7,15H,1-5H2/q+1. The molecule has 1 aromatic rings. The van der Waals surface area contributed by atoms with Crippen LogP contribution >= 0.6 is 11.6 Å². The number of hydrogen-bond donors (Lipinski definition) is 1. The minimum Gasteiger partial charge on any atom is -0.396 e. The first-order chi connectivity index (χ1) is 7.29. The lowest BCUT2D eigenvalue weighted by atomic mass is 10.2. The molecule has 1 N–H and O–H groups in total. The Balaban J connectivity index is 2.18. The highest BCUT2D eigenvalue weighted by Gasteiger charge is 2.17. The molecule has 15 heavy (non-hydrogen) atoms. The Kier molecular flexibility index (Phi) is 3.28. The van der Waals surface area contributed by atoms with Crippen molar-refractivity contribution < 1.29 is 9.68 Å². The van der Waals surface area contributed by atoms with Crippen LogP contribution < -0.4 is 0 Å². The summed E-state index contributed by atoms with van der Waals surface area (Å²) < 4.78 is 2.15. The highest BCUT2D eigenvalue weighted by molar-refractivity contribution is 6.29. The van der Waals surface area contributed by atoms with E-state index in [0.717, 1.165) is 37.3 Å². The molecular formula is C10H13ClN3O+. The molecule has 1 aromatic heterocycles. The summed E-state index contributed by atoms with van der Waals surface area (Å²) in [6, 6.07) is 0. The zero-order valence-corrected chi connectivity index (χ0v) is 9.11. The Morgan fingerprint density at radius 1 is 1.53 bits per heavy atom. The van der Waals surface area contributed by atoms with Gasteiger partial charge in [-0.1, -0.05) is 11.6 Å². The summed E-state index contributed by atoms with van der Waals surface area (Å²) >= 11 is 5.76. The van der Waals surface area contributed by atoms with Crippen LogP contribution in [0.3, 0.4) is 0 Å². The topological polar surface area (TPSA) is 49.0 Å². The van der Waals surface area contributed by atoms with Crippen molar-refractivity contribution in [3.05, 3.63) is 22.7 Å². The average molecular weight is 227 g/mol. The smallest absolute Gasteiger partial charge is 0.191 e. The van der Waals surface area contributed by atoms with Gasteiger partial charge in [0.25, 0.3) is 0 Å². The van der Waals surface area contributed by atoms with E-state index in [4.69, 9.17) is 16.7 Å². The summed E-state index contributed by atoms with van der Waals surface area (Å²) in [6.45, 7) is 2.01. The molecule has 1 aliphatic rings. The lowest BCUT2D eigenvalue weighted by molar-refractivity contribution is -0.525. The maximum absolute atomic E-state index is 8.74. The van der Waals surface area contributed by atoms with Gasteiger partial charge in [0.15, 0.2) is 6.21 Å². The van der Waals surface area contributed by atoms with E-state index >= 15 is 0 Å². The van der Waals surface area contributed by atoms with Crippen LogP contribution in [0.5, 0.6) is 0 Å². The van der Waals surface area contributed by atoms with Crippen molar-refractivity contribution in [2.24, 2.45) is 0 Å². The normalized spacial score (nSPS) is 14.7. The van der Waals surface area contributed by atoms with Crippen LogP contribution in [0.25, 0.3) is 0 Å². The number of nitrogens with zero attached hydrogens (tertiary/aromatic N) is 3. The molecule has 0 bridgehead atoms. The zero-order valence-electron chi connectivity index (χ0n) is 8.36. The van der Waals surface area contributed by atoms with Crippen molar-refractivity contribution in [2.45, 2.75) is 12.8 Å². The molecule has 0 spiro atoms. The van der Waals surface area contributed by atoms with E-state index in [9.17, 15) is 0 Å². The molecule has 1 aliphatic heterocycles. The molecule has 4 nitrogen and oxygen atoms in total. The summed E-state index contributed by atoms with van der Waals surface area (Å²) in [5.41, 5.74) is 1.85. The Hall–Kier alpha value is -1.000. The zero-order chi connectivity index (χ0) is 10.7. The number of aliphatic hydroxyl groups is 1. The van der Waals surface area contributed by atoms with Gasteiger partial charge in [0, 0.05) is 13.0 Å². The fourth-order valence-electron chi connectivity index (χ4n) is 1.64. The van der Waals surface area contributed by atoms with E-state index in [1.807, 2.05) is 6.21 Å². The maximum Gasteiger partial charge on any atom is 0.191 e. The first-order valence-electron chi connectivity index (χ1n) is 5.01. The van der Waals surface area contributed by atoms with Crippen molar-refractivity contribution in [3.63, 3.8) is 0 Å². The Bertz CT molecular complexity index is 392. The number of halogens is 1. The van der Waals surface area contributed by atoms with Gasteiger partial charge >= 0.3 is 0 Å². The van der Waals surface area contributed by atoms with Gasteiger partial charge in [-0.3, -0.25) is 0 Å². The number of hydrogen-bond acceptors (Lipinski definition) is 3. The van der Waals surface area contributed by atoms with Crippen LogP contribution in [0.1, 0.15) is 17.8 Å². The van der Waals surface area contributed by atoms with Crippen molar-refractivity contribution in [1.82, 2.24) is 9.97 Å². The summed E-state index contributed by atoms with van der Waals surface area (Å²) in [5.74, 6) is 0.